The topological polar surface area (TPSA) is 96.2 Å². The van der Waals surface area contributed by atoms with E-state index in [0.717, 1.165) is 29.5 Å². The van der Waals surface area contributed by atoms with E-state index < -0.39 is 18.3 Å². The van der Waals surface area contributed by atoms with Gasteiger partial charge in [0.2, 0.25) is 11.8 Å². The van der Waals surface area contributed by atoms with Crippen molar-refractivity contribution in [1.82, 2.24) is 14.7 Å². The van der Waals surface area contributed by atoms with Crippen molar-refractivity contribution in [1.29, 1.82) is 0 Å². The standard InChI is InChI=1S/C28H36N4O4/c1-21-9-5-6-12-23(21)15-18-36-28(35)31-17-14-26(33)32-24(13-7-8-16-29)27(34)30(20-25(31)32)19-22-10-3-2-4-11-22/h2-6,9-12,24-25H,7-8,13-20,29H2,1H3/t24?,25-/m1/s1. The smallest absolute Gasteiger partial charge is 0.411 e. The number of nitrogens with zero attached hydrogens (tertiary/aromatic N) is 3. The van der Waals surface area contributed by atoms with Crippen LogP contribution in [0, 0.1) is 6.92 Å². The fourth-order valence-electron chi connectivity index (χ4n) is 5.12. The number of ether oxygens (including phenoxy) is 1. The zero-order valence-electron chi connectivity index (χ0n) is 21.0. The zero-order chi connectivity index (χ0) is 25.5. The highest BCUT2D eigenvalue weighted by Gasteiger charge is 2.48. The molecule has 2 aromatic carbocycles. The molecule has 0 saturated carbocycles. The van der Waals surface area contributed by atoms with Gasteiger partial charge in [-0.1, -0.05) is 54.6 Å². The van der Waals surface area contributed by atoms with Crippen molar-refractivity contribution >= 4 is 17.9 Å². The summed E-state index contributed by atoms with van der Waals surface area (Å²) >= 11 is 0. The lowest BCUT2D eigenvalue weighted by atomic mass is 9.98. The van der Waals surface area contributed by atoms with E-state index in [2.05, 4.69) is 0 Å². The van der Waals surface area contributed by atoms with Crippen LogP contribution in [0.2, 0.25) is 0 Å². The van der Waals surface area contributed by atoms with Gasteiger partial charge in [0, 0.05) is 25.9 Å². The summed E-state index contributed by atoms with van der Waals surface area (Å²) in [5.41, 5.74) is 8.99. The quantitative estimate of drug-likeness (QED) is 0.543. The van der Waals surface area contributed by atoms with Gasteiger partial charge in [0.05, 0.1) is 13.2 Å². The zero-order valence-corrected chi connectivity index (χ0v) is 21.0. The lowest BCUT2D eigenvalue weighted by Gasteiger charge is -2.52. The molecule has 4 rings (SSSR count). The number of nitrogens with two attached hydrogens (primary N) is 1. The van der Waals surface area contributed by atoms with Crippen LogP contribution in [0.5, 0.6) is 0 Å². The molecule has 3 amide bonds. The molecule has 1 unspecified atom stereocenters. The Labute approximate surface area is 213 Å². The summed E-state index contributed by atoms with van der Waals surface area (Å²) < 4.78 is 5.67. The van der Waals surface area contributed by atoms with Gasteiger partial charge in [-0.3, -0.25) is 14.5 Å². The van der Waals surface area contributed by atoms with Crippen LogP contribution in [-0.2, 0) is 27.3 Å². The second-order valence-corrected chi connectivity index (χ2v) is 9.52. The van der Waals surface area contributed by atoms with Gasteiger partial charge in [-0.25, -0.2) is 4.79 Å². The molecule has 36 heavy (non-hydrogen) atoms. The third kappa shape index (κ3) is 5.87. The van der Waals surface area contributed by atoms with Crippen molar-refractivity contribution in [3.63, 3.8) is 0 Å². The summed E-state index contributed by atoms with van der Waals surface area (Å²) in [4.78, 5) is 44.8. The molecule has 0 radical (unpaired) electrons. The van der Waals surface area contributed by atoms with E-state index in [4.69, 9.17) is 10.5 Å². The Hall–Kier alpha value is -3.39. The van der Waals surface area contributed by atoms with Gasteiger partial charge in [-0.05, 0) is 49.4 Å². The minimum Gasteiger partial charge on any atom is -0.449 e. The summed E-state index contributed by atoms with van der Waals surface area (Å²) in [6.07, 6.45) is 1.87. The molecule has 2 aromatic rings. The second kappa shape index (κ2) is 12.0. The minimum atomic E-state index is -0.603. The third-order valence-corrected chi connectivity index (χ3v) is 7.09. The molecule has 2 saturated heterocycles. The fraction of sp³-hybridized carbons (Fsp3) is 0.464. The van der Waals surface area contributed by atoms with E-state index in [-0.39, 0.29) is 37.9 Å². The maximum absolute atomic E-state index is 13.5. The van der Waals surface area contributed by atoms with Crippen molar-refractivity contribution < 1.29 is 19.1 Å². The maximum Gasteiger partial charge on any atom is 0.411 e. The summed E-state index contributed by atoms with van der Waals surface area (Å²) in [6.45, 7) is 3.81. The van der Waals surface area contributed by atoms with Gasteiger partial charge in [0.1, 0.15) is 12.2 Å². The molecule has 2 N–H and O–H groups in total. The van der Waals surface area contributed by atoms with Gasteiger partial charge < -0.3 is 20.3 Å². The van der Waals surface area contributed by atoms with E-state index in [9.17, 15) is 14.4 Å². The molecule has 0 bridgehead atoms. The second-order valence-electron chi connectivity index (χ2n) is 9.52. The van der Waals surface area contributed by atoms with Crippen LogP contribution in [0.25, 0.3) is 0 Å². The van der Waals surface area contributed by atoms with Gasteiger partial charge in [-0.15, -0.1) is 0 Å². The highest BCUT2D eigenvalue weighted by molar-refractivity contribution is 5.90. The molecular formula is C28H36N4O4. The first-order valence-electron chi connectivity index (χ1n) is 12.8. The number of fused-ring (bicyclic) bond motifs is 1. The van der Waals surface area contributed by atoms with Crippen molar-refractivity contribution in [3.05, 3.63) is 71.3 Å². The third-order valence-electron chi connectivity index (χ3n) is 7.09. The van der Waals surface area contributed by atoms with E-state index >= 15 is 0 Å². The fourth-order valence-corrected chi connectivity index (χ4v) is 5.12. The average molecular weight is 493 g/mol. The van der Waals surface area contributed by atoms with Crippen LogP contribution in [0.15, 0.2) is 54.6 Å². The molecule has 8 heteroatoms. The molecule has 0 aromatic heterocycles. The Balaban J connectivity index is 1.50. The van der Waals surface area contributed by atoms with E-state index in [0.29, 0.717) is 25.9 Å². The lowest BCUT2D eigenvalue weighted by Crippen LogP contribution is -2.71. The molecule has 2 aliphatic heterocycles. The predicted octanol–water partition coefficient (Wildman–Crippen LogP) is 3.07. The van der Waals surface area contributed by atoms with Crippen molar-refractivity contribution in [2.24, 2.45) is 5.73 Å². The molecular weight excluding hydrogens is 456 g/mol. The first-order valence-corrected chi connectivity index (χ1v) is 12.8. The van der Waals surface area contributed by atoms with Crippen LogP contribution >= 0.6 is 0 Å². The highest BCUT2D eigenvalue weighted by atomic mass is 16.6. The SMILES string of the molecule is Cc1ccccc1CCOC(=O)N1CCC(=O)N2C(CCCCN)C(=O)N(Cc3ccccc3)C[C@H]12. The normalized spacial score (nSPS) is 19.9. The number of aryl methyl sites for hydroxylation is 1. The minimum absolute atomic E-state index is 0.0738. The summed E-state index contributed by atoms with van der Waals surface area (Å²) in [7, 11) is 0. The molecule has 0 spiro atoms. The van der Waals surface area contributed by atoms with Crippen LogP contribution in [-0.4, -0.2) is 71.1 Å². The van der Waals surface area contributed by atoms with E-state index in [1.807, 2.05) is 61.5 Å². The molecule has 8 nitrogen and oxygen atoms in total. The number of carbonyl (C=O) groups excluding carboxylic acids is 3. The Morgan fingerprint density at radius 3 is 2.56 bits per heavy atom. The molecule has 2 aliphatic rings. The average Bonchev–Trinajstić information content (AvgIpc) is 2.88. The van der Waals surface area contributed by atoms with Gasteiger partial charge in [-0.2, -0.15) is 0 Å². The molecule has 2 atom stereocenters. The first kappa shape index (κ1) is 25.7. The monoisotopic (exact) mass is 492 g/mol. The van der Waals surface area contributed by atoms with Crippen LogP contribution in [0.3, 0.4) is 0 Å². The number of piperazine rings is 1. The van der Waals surface area contributed by atoms with Crippen LogP contribution < -0.4 is 5.73 Å². The van der Waals surface area contributed by atoms with Crippen molar-refractivity contribution in [2.75, 3.05) is 26.2 Å². The number of unbranched alkanes of at least 4 members (excludes halogenated alkanes) is 1. The Bertz CT molecular complexity index is 1060. The van der Waals surface area contributed by atoms with Gasteiger partial charge in [0.15, 0.2) is 0 Å². The number of rotatable bonds is 9. The van der Waals surface area contributed by atoms with Crippen molar-refractivity contribution in [3.8, 4) is 0 Å². The number of carbonyl (C=O) groups is 3. The van der Waals surface area contributed by atoms with E-state index in [1.165, 1.54) is 0 Å². The molecule has 2 heterocycles. The predicted molar refractivity (Wildman–Crippen MR) is 137 cm³/mol. The lowest BCUT2D eigenvalue weighted by molar-refractivity contribution is -0.169. The summed E-state index contributed by atoms with van der Waals surface area (Å²) in [5, 5.41) is 0. The maximum atomic E-state index is 13.5. The number of benzene rings is 2. The van der Waals surface area contributed by atoms with Crippen LogP contribution in [0.1, 0.15) is 42.4 Å². The van der Waals surface area contributed by atoms with Gasteiger partial charge >= 0.3 is 6.09 Å². The summed E-state index contributed by atoms with van der Waals surface area (Å²) in [6, 6.07) is 17.2. The van der Waals surface area contributed by atoms with Gasteiger partial charge in [0.25, 0.3) is 0 Å². The van der Waals surface area contributed by atoms with E-state index in [1.54, 1.807) is 14.7 Å². The van der Waals surface area contributed by atoms with Crippen molar-refractivity contribution in [2.45, 2.75) is 57.8 Å². The summed E-state index contributed by atoms with van der Waals surface area (Å²) in [5.74, 6) is -0.162. The Morgan fingerprint density at radius 2 is 1.81 bits per heavy atom. The molecule has 192 valence electrons. The molecule has 2 fully saturated rings. The molecule has 0 aliphatic carbocycles. The number of hydrogen-bond donors (Lipinski definition) is 1. The Kier molecular flexibility index (Phi) is 8.59. The largest absolute Gasteiger partial charge is 0.449 e. The first-order chi connectivity index (χ1) is 17.5. The van der Waals surface area contributed by atoms with Crippen LogP contribution in [0.4, 0.5) is 4.79 Å². The Morgan fingerprint density at radius 1 is 1.06 bits per heavy atom. The number of amides is 3. The number of hydrogen-bond acceptors (Lipinski definition) is 5. The highest BCUT2D eigenvalue weighted by Crippen LogP contribution is 2.29.